The standard InChI is InChI=1S/C17H18F4O3/c1-23-11-2-4-16(5-3-11)8-10-6-13(18)14(7-12(10)15(16)22)24-9-17(19,20)21/h6-7,11H,2-5,8-9H2,1H3. The van der Waals surface area contributed by atoms with Crippen LogP contribution in [0.4, 0.5) is 17.6 Å². The lowest BCUT2D eigenvalue weighted by Crippen LogP contribution is -2.35. The minimum Gasteiger partial charge on any atom is -0.481 e. The SMILES string of the molecule is COC1CCC2(CC1)Cc1cc(F)c(OCC(F)(F)F)cc1C2=O. The Morgan fingerprint density at radius 1 is 1.25 bits per heavy atom. The van der Waals surface area contributed by atoms with Crippen molar-refractivity contribution in [2.45, 2.75) is 44.4 Å². The Hall–Kier alpha value is -1.63. The second-order valence-corrected chi connectivity index (χ2v) is 6.56. The third-order valence-corrected chi connectivity index (χ3v) is 5.03. The molecule has 0 atom stereocenters. The van der Waals surface area contributed by atoms with Gasteiger partial charge in [0.15, 0.2) is 24.0 Å². The average molecular weight is 346 g/mol. The molecule has 2 aliphatic rings. The van der Waals surface area contributed by atoms with Crippen LogP contribution in [0, 0.1) is 11.2 Å². The summed E-state index contributed by atoms with van der Waals surface area (Å²) in [5.41, 5.74) is 0.254. The number of rotatable bonds is 3. The fraction of sp³-hybridized carbons (Fsp3) is 0.588. The molecule has 132 valence electrons. The first kappa shape index (κ1) is 17.2. The van der Waals surface area contributed by atoms with Gasteiger partial charge in [-0.05, 0) is 49.8 Å². The van der Waals surface area contributed by atoms with Crippen molar-refractivity contribution in [1.29, 1.82) is 0 Å². The summed E-state index contributed by atoms with van der Waals surface area (Å²) in [6, 6.07) is 2.26. The van der Waals surface area contributed by atoms with E-state index in [0.717, 1.165) is 25.0 Å². The predicted octanol–water partition coefficient (Wildman–Crippen LogP) is 4.08. The summed E-state index contributed by atoms with van der Waals surface area (Å²) < 4.78 is 60.6. The largest absolute Gasteiger partial charge is 0.481 e. The third-order valence-electron chi connectivity index (χ3n) is 5.03. The van der Waals surface area contributed by atoms with Gasteiger partial charge in [0.25, 0.3) is 0 Å². The molecule has 0 heterocycles. The van der Waals surface area contributed by atoms with Crippen LogP contribution in [0.5, 0.6) is 5.75 Å². The molecular formula is C17H18F4O3. The molecule has 2 aliphatic carbocycles. The van der Waals surface area contributed by atoms with Crippen molar-refractivity contribution in [3.05, 3.63) is 29.1 Å². The first-order chi connectivity index (χ1) is 11.2. The maximum absolute atomic E-state index is 14.0. The lowest BCUT2D eigenvalue weighted by molar-refractivity contribution is -0.153. The van der Waals surface area contributed by atoms with E-state index in [9.17, 15) is 22.4 Å². The van der Waals surface area contributed by atoms with Crippen molar-refractivity contribution in [1.82, 2.24) is 0 Å². The number of hydrogen-bond acceptors (Lipinski definition) is 3. The summed E-state index contributed by atoms with van der Waals surface area (Å²) in [5, 5.41) is 0. The number of methoxy groups -OCH3 is 1. The molecule has 7 heteroatoms. The number of hydrogen-bond donors (Lipinski definition) is 0. The Morgan fingerprint density at radius 3 is 2.50 bits per heavy atom. The zero-order chi connectivity index (χ0) is 17.5. The third kappa shape index (κ3) is 3.14. The van der Waals surface area contributed by atoms with Gasteiger partial charge in [0, 0.05) is 18.1 Å². The van der Waals surface area contributed by atoms with E-state index in [-0.39, 0.29) is 17.5 Å². The van der Waals surface area contributed by atoms with Gasteiger partial charge in [-0.3, -0.25) is 4.79 Å². The average Bonchev–Trinajstić information content (AvgIpc) is 2.77. The summed E-state index contributed by atoms with van der Waals surface area (Å²) in [6.45, 7) is -1.59. The van der Waals surface area contributed by atoms with E-state index in [0.29, 0.717) is 24.8 Å². The molecule has 1 saturated carbocycles. The maximum atomic E-state index is 14.0. The predicted molar refractivity (Wildman–Crippen MR) is 77.7 cm³/mol. The molecule has 0 amide bonds. The van der Waals surface area contributed by atoms with E-state index in [2.05, 4.69) is 4.74 Å². The minimum absolute atomic E-state index is 0.120. The maximum Gasteiger partial charge on any atom is 0.422 e. The van der Waals surface area contributed by atoms with Crippen LogP contribution in [-0.4, -0.2) is 31.8 Å². The molecule has 3 nitrogen and oxygen atoms in total. The molecule has 0 bridgehead atoms. The van der Waals surface area contributed by atoms with Crippen LogP contribution in [-0.2, 0) is 11.2 Å². The number of ketones is 1. The highest BCUT2D eigenvalue weighted by molar-refractivity contribution is 6.05. The molecule has 0 radical (unpaired) electrons. The molecule has 1 fully saturated rings. The van der Waals surface area contributed by atoms with Crippen molar-refractivity contribution in [3.8, 4) is 5.75 Å². The number of carbonyl (C=O) groups excluding carboxylic acids is 1. The van der Waals surface area contributed by atoms with Gasteiger partial charge in [0.1, 0.15) is 0 Å². The Bertz CT molecular complexity index is 646. The molecule has 0 saturated heterocycles. The summed E-state index contributed by atoms with van der Waals surface area (Å²) in [4.78, 5) is 12.8. The van der Waals surface area contributed by atoms with E-state index in [4.69, 9.17) is 4.74 Å². The summed E-state index contributed by atoms with van der Waals surface area (Å²) >= 11 is 0. The fourth-order valence-electron chi connectivity index (χ4n) is 3.74. The van der Waals surface area contributed by atoms with Crippen molar-refractivity contribution >= 4 is 5.78 Å². The van der Waals surface area contributed by atoms with E-state index in [1.54, 1.807) is 7.11 Å². The van der Waals surface area contributed by atoms with Crippen LogP contribution in [0.3, 0.4) is 0 Å². The fourth-order valence-corrected chi connectivity index (χ4v) is 3.74. The monoisotopic (exact) mass is 346 g/mol. The normalized spacial score (nSPS) is 26.7. The van der Waals surface area contributed by atoms with Crippen LogP contribution in [0.1, 0.15) is 41.6 Å². The second-order valence-electron chi connectivity index (χ2n) is 6.56. The van der Waals surface area contributed by atoms with Crippen molar-refractivity contribution in [3.63, 3.8) is 0 Å². The molecule has 1 aromatic rings. The number of halogens is 4. The molecule has 1 spiro atoms. The summed E-state index contributed by atoms with van der Waals surface area (Å²) in [7, 11) is 1.63. The van der Waals surface area contributed by atoms with Gasteiger partial charge in [-0.2, -0.15) is 13.2 Å². The van der Waals surface area contributed by atoms with Gasteiger partial charge >= 0.3 is 6.18 Å². The number of alkyl halides is 3. The lowest BCUT2D eigenvalue weighted by atomic mass is 9.70. The highest BCUT2D eigenvalue weighted by Gasteiger charge is 2.47. The number of fused-ring (bicyclic) bond motifs is 1. The van der Waals surface area contributed by atoms with Crippen LogP contribution in [0.2, 0.25) is 0 Å². The topological polar surface area (TPSA) is 35.5 Å². The Morgan fingerprint density at radius 2 is 1.92 bits per heavy atom. The van der Waals surface area contributed by atoms with E-state index >= 15 is 0 Å². The van der Waals surface area contributed by atoms with E-state index in [1.165, 1.54) is 0 Å². The van der Waals surface area contributed by atoms with Gasteiger partial charge < -0.3 is 9.47 Å². The quantitative estimate of drug-likeness (QED) is 0.774. The molecular weight excluding hydrogens is 328 g/mol. The van der Waals surface area contributed by atoms with Gasteiger partial charge in [0.05, 0.1) is 6.10 Å². The molecule has 0 aromatic heterocycles. The van der Waals surface area contributed by atoms with Crippen LogP contribution in [0.25, 0.3) is 0 Å². The van der Waals surface area contributed by atoms with Gasteiger partial charge in [-0.25, -0.2) is 4.39 Å². The highest BCUT2D eigenvalue weighted by atomic mass is 19.4. The first-order valence-electron chi connectivity index (χ1n) is 7.84. The van der Waals surface area contributed by atoms with Gasteiger partial charge in [0.2, 0.25) is 0 Å². The molecule has 3 rings (SSSR count). The van der Waals surface area contributed by atoms with E-state index in [1.807, 2.05) is 0 Å². The van der Waals surface area contributed by atoms with Gasteiger partial charge in [-0.1, -0.05) is 0 Å². The Balaban J connectivity index is 1.82. The number of carbonyl (C=O) groups is 1. The molecule has 1 aromatic carbocycles. The van der Waals surface area contributed by atoms with Crippen molar-refractivity contribution in [2.24, 2.45) is 5.41 Å². The number of benzene rings is 1. The van der Waals surface area contributed by atoms with E-state index < -0.39 is 29.8 Å². The zero-order valence-electron chi connectivity index (χ0n) is 13.2. The molecule has 0 unspecified atom stereocenters. The van der Waals surface area contributed by atoms with Crippen molar-refractivity contribution < 1.29 is 31.8 Å². The van der Waals surface area contributed by atoms with Crippen LogP contribution in [0.15, 0.2) is 12.1 Å². The minimum atomic E-state index is -4.56. The zero-order valence-corrected chi connectivity index (χ0v) is 13.2. The molecule has 0 aliphatic heterocycles. The summed E-state index contributed by atoms with van der Waals surface area (Å²) in [6.07, 6.45) is -1.25. The Kier molecular flexibility index (Phi) is 4.32. The number of Topliss-reactive ketones (excluding diaryl/α,β-unsaturated/α-hetero) is 1. The lowest BCUT2D eigenvalue weighted by Gasteiger charge is -2.35. The van der Waals surface area contributed by atoms with Crippen LogP contribution < -0.4 is 4.74 Å². The Labute approximate surface area is 136 Å². The molecule has 0 N–H and O–H groups in total. The van der Waals surface area contributed by atoms with Gasteiger partial charge in [-0.15, -0.1) is 0 Å². The second kappa shape index (κ2) is 6.02. The summed E-state index contributed by atoms with van der Waals surface area (Å²) in [5.74, 6) is -1.51. The highest BCUT2D eigenvalue weighted by Crippen LogP contribution is 2.48. The smallest absolute Gasteiger partial charge is 0.422 e. The first-order valence-corrected chi connectivity index (χ1v) is 7.84. The van der Waals surface area contributed by atoms with Crippen molar-refractivity contribution in [2.75, 3.05) is 13.7 Å². The number of ether oxygens (including phenoxy) is 2. The van der Waals surface area contributed by atoms with Crippen LogP contribution >= 0.6 is 0 Å². The molecule has 24 heavy (non-hydrogen) atoms.